The van der Waals surface area contributed by atoms with Crippen LogP contribution in [0.5, 0.6) is 0 Å². The standard InChI is InChI=1S/C23H21N2O/c1-14(2)17-8-7-9-18-21-20(19-10-5-6-11-25(19)4)15(3)12-16(13-24)22(21)26-23(17)18/h5-12,14H,1-4H3/q+1. The summed E-state index contributed by atoms with van der Waals surface area (Å²) in [5.41, 5.74) is 6.64. The molecule has 0 fully saturated rings. The van der Waals surface area contributed by atoms with Gasteiger partial charge >= 0.3 is 0 Å². The molecule has 2 heterocycles. The minimum absolute atomic E-state index is 0.349. The largest absolute Gasteiger partial charge is 0.454 e. The molecule has 0 saturated heterocycles. The molecule has 128 valence electrons. The fraction of sp³-hybridized carbons (Fsp3) is 0.217. The predicted octanol–water partition coefficient (Wildman–Crippen LogP) is 5.38. The zero-order chi connectivity index (χ0) is 18.4. The molecule has 4 aromatic rings. The molecule has 0 saturated carbocycles. The molecule has 0 aliphatic heterocycles. The second-order valence-electron chi connectivity index (χ2n) is 7.11. The van der Waals surface area contributed by atoms with E-state index in [1.807, 2.05) is 31.4 Å². The van der Waals surface area contributed by atoms with Crippen molar-refractivity contribution < 1.29 is 8.98 Å². The fourth-order valence-corrected chi connectivity index (χ4v) is 3.78. The number of furan rings is 1. The van der Waals surface area contributed by atoms with E-state index in [2.05, 4.69) is 55.7 Å². The van der Waals surface area contributed by atoms with Crippen LogP contribution in [-0.4, -0.2) is 0 Å². The maximum absolute atomic E-state index is 9.66. The number of hydrogen-bond donors (Lipinski definition) is 0. The monoisotopic (exact) mass is 341 g/mol. The van der Waals surface area contributed by atoms with Crippen LogP contribution in [0.25, 0.3) is 33.2 Å². The molecule has 0 aliphatic rings. The van der Waals surface area contributed by atoms with Crippen molar-refractivity contribution in [3.8, 4) is 17.3 Å². The van der Waals surface area contributed by atoms with Crippen molar-refractivity contribution in [2.45, 2.75) is 26.7 Å². The lowest BCUT2D eigenvalue weighted by atomic mass is 9.94. The molecule has 0 atom stereocenters. The van der Waals surface area contributed by atoms with E-state index in [0.29, 0.717) is 17.1 Å². The number of fused-ring (bicyclic) bond motifs is 3. The Bertz CT molecular complexity index is 1190. The first kappa shape index (κ1) is 16.4. The average Bonchev–Trinajstić information content (AvgIpc) is 3.01. The first-order chi connectivity index (χ1) is 12.5. The van der Waals surface area contributed by atoms with E-state index in [1.54, 1.807) is 0 Å². The molecule has 4 rings (SSSR count). The SMILES string of the molecule is Cc1cc(C#N)c2oc3c(C(C)C)cccc3c2c1-c1cccc[n+]1C. The van der Waals surface area contributed by atoms with Gasteiger partial charge in [0.15, 0.2) is 11.8 Å². The number of hydrogen-bond acceptors (Lipinski definition) is 2. The second kappa shape index (κ2) is 6.00. The summed E-state index contributed by atoms with van der Waals surface area (Å²) in [6.45, 7) is 6.39. The van der Waals surface area contributed by atoms with Gasteiger partial charge in [-0.2, -0.15) is 5.26 Å². The summed E-state index contributed by atoms with van der Waals surface area (Å²) in [4.78, 5) is 0. The molecule has 2 aromatic heterocycles. The molecule has 2 aromatic carbocycles. The van der Waals surface area contributed by atoms with E-state index in [-0.39, 0.29) is 0 Å². The third-order valence-corrected chi connectivity index (χ3v) is 5.05. The Kier molecular flexibility index (Phi) is 3.77. The molecule has 0 amide bonds. The highest BCUT2D eigenvalue weighted by Crippen LogP contribution is 2.41. The normalized spacial score (nSPS) is 11.4. The predicted molar refractivity (Wildman–Crippen MR) is 104 cm³/mol. The van der Waals surface area contributed by atoms with Gasteiger partial charge in [0, 0.05) is 22.9 Å². The van der Waals surface area contributed by atoms with E-state index in [4.69, 9.17) is 4.42 Å². The third-order valence-electron chi connectivity index (χ3n) is 5.05. The molecule has 0 aliphatic carbocycles. The van der Waals surface area contributed by atoms with E-state index >= 15 is 0 Å². The summed E-state index contributed by atoms with van der Waals surface area (Å²) in [7, 11) is 2.04. The number of aryl methyl sites for hydroxylation is 2. The maximum atomic E-state index is 9.66. The van der Waals surface area contributed by atoms with Crippen molar-refractivity contribution in [3.63, 3.8) is 0 Å². The number of pyridine rings is 1. The first-order valence-corrected chi connectivity index (χ1v) is 8.86. The van der Waals surface area contributed by atoms with Crippen molar-refractivity contribution in [1.82, 2.24) is 0 Å². The van der Waals surface area contributed by atoms with Crippen LogP contribution in [0, 0.1) is 18.3 Å². The van der Waals surface area contributed by atoms with Gasteiger partial charge in [0.1, 0.15) is 18.7 Å². The van der Waals surface area contributed by atoms with E-state index in [9.17, 15) is 5.26 Å². The maximum Gasteiger partial charge on any atom is 0.213 e. The van der Waals surface area contributed by atoms with Crippen molar-refractivity contribution in [1.29, 1.82) is 5.26 Å². The number of para-hydroxylation sites is 1. The molecule has 26 heavy (non-hydrogen) atoms. The van der Waals surface area contributed by atoms with Crippen molar-refractivity contribution >= 4 is 21.9 Å². The van der Waals surface area contributed by atoms with Crippen LogP contribution < -0.4 is 4.57 Å². The number of benzene rings is 2. The third kappa shape index (κ3) is 2.30. The van der Waals surface area contributed by atoms with Crippen LogP contribution in [0.2, 0.25) is 0 Å². The topological polar surface area (TPSA) is 40.8 Å². The summed E-state index contributed by atoms with van der Waals surface area (Å²) in [6, 6.07) is 16.7. The average molecular weight is 341 g/mol. The summed E-state index contributed by atoms with van der Waals surface area (Å²) >= 11 is 0. The lowest BCUT2D eigenvalue weighted by molar-refractivity contribution is -0.660. The Morgan fingerprint density at radius 2 is 1.88 bits per heavy atom. The van der Waals surface area contributed by atoms with Gasteiger partial charge in [0.25, 0.3) is 0 Å². The zero-order valence-electron chi connectivity index (χ0n) is 15.5. The number of nitrogens with zero attached hydrogens (tertiary/aromatic N) is 2. The van der Waals surface area contributed by atoms with Crippen LogP contribution in [0.4, 0.5) is 0 Å². The van der Waals surface area contributed by atoms with Gasteiger partial charge in [-0.3, -0.25) is 0 Å². The molecule has 0 N–H and O–H groups in total. The fourth-order valence-electron chi connectivity index (χ4n) is 3.78. The van der Waals surface area contributed by atoms with E-state index < -0.39 is 0 Å². The summed E-state index contributed by atoms with van der Waals surface area (Å²) in [6.07, 6.45) is 2.04. The van der Waals surface area contributed by atoms with Crippen LogP contribution in [0.1, 0.15) is 36.5 Å². The molecule has 0 unspecified atom stereocenters. The molecule has 3 heteroatoms. The summed E-state index contributed by atoms with van der Waals surface area (Å²) in [5, 5.41) is 11.8. The first-order valence-electron chi connectivity index (χ1n) is 8.86. The van der Waals surface area contributed by atoms with Crippen LogP contribution in [0.15, 0.2) is 53.1 Å². The Morgan fingerprint density at radius 3 is 2.58 bits per heavy atom. The van der Waals surface area contributed by atoms with Gasteiger partial charge in [-0.15, -0.1) is 0 Å². The van der Waals surface area contributed by atoms with E-state index in [0.717, 1.165) is 33.2 Å². The summed E-state index contributed by atoms with van der Waals surface area (Å²) < 4.78 is 8.40. The Hall–Kier alpha value is -3.12. The zero-order valence-corrected chi connectivity index (χ0v) is 15.5. The van der Waals surface area contributed by atoms with Crippen molar-refractivity contribution in [2.24, 2.45) is 7.05 Å². The lowest BCUT2D eigenvalue weighted by Crippen LogP contribution is -2.30. The molecule has 0 spiro atoms. The molecular formula is C23H21N2O+. The molecule has 0 radical (unpaired) electrons. The number of nitriles is 1. The Morgan fingerprint density at radius 1 is 1.08 bits per heavy atom. The Labute approximate surface area is 153 Å². The van der Waals surface area contributed by atoms with Crippen LogP contribution in [-0.2, 0) is 7.05 Å². The minimum Gasteiger partial charge on any atom is -0.454 e. The lowest BCUT2D eigenvalue weighted by Gasteiger charge is -2.07. The van der Waals surface area contributed by atoms with Gasteiger partial charge in [-0.25, -0.2) is 4.57 Å². The van der Waals surface area contributed by atoms with Gasteiger partial charge in [-0.1, -0.05) is 32.0 Å². The van der Waals surface area contributed by atoms with Gasteiger partial charge in [-0.05, 0) is 36.1 Å². The molecule has 3 nitrogen and oxygen atoms in total. The number of rotatable bonds is 2. The van der Waals surface area contributed by atoms with E-state index in [1.165, 1.54) is 5.56 Å². The highest BCUT2D eigenvalue weighted by Gasteiger charge is 2.24. The Balaban J connectivity index is 2.25. The van der Waals surface area contributed by atoms with Crippen molar-refractivity contribution in [3.05, 3.63) is 65.4 Å². The second-order valence-corrected chi connectivity index (χ2v) is 7.11. The minimum atomic E-state index is 0.349. The van der Waals surface area contributed by atoms with Gasteiger partial charge < -0.3 is 4.42 Å². The van der Waals surface area contributed by atoms with Gasteiger partial charge in [0.05, 0.1) is 11.1 Å². The van der Waals surface area contributed by atoms with Crippen LogP contribution in [0.3, 0.4) is 0 Å². The number of aromatic nitrogens is 1. The highest BCUT2D eigenvalue weighted by atomic mass is 16.3. The molecule has 0 bridgehead atoms. The molecular weight excluding hydrogens is 320 g/mol. The highest BCUT2D eigenvalue weighted by molar-refractivity contribution is 6.14. The smallest absolute Gasteiger partial charge is 0.213 e. The van der Waals surface area contributed by atoms with Crippen molar-refractivity contribution in [2.75, 3.05) is 0 Å². The van der Waals surface area contributed by atoms with Gasteiger partial charge in [0.2, 0.25) is 5.69 Å². The van der Waals surface area contributed by atoms with Crippen LogP contribution >= 0.6 is 0 Å². The summed E-state index contributed by atoms with van der Waals surface area (Å²) in [5.74, 6) is 0.349. The quantitative estimate of drug-likeness (QED) is 0.459.